The van der Waals surface area contributed by atoms with Crippen LogP contribution in [0.5, 0.6) is 17.2 Å². The van der Waals surface area contributed by atoms with Gasteiger partial charge in [-0.05, 0) is 66.1 Å². The molecule has 3 aromatic rings. The van der Waals surface area contributed by atoms with Gasteiger partial charge in [0, 0.05) is 42.3 Å². The van der Waals surface area contributed by atoms with Crippen molar-refractivity contribution in [3.05, 3.63) is 89.0 Å². The van der Waals surface area contributed by atoms with Crippen LogP contribution in [0.25, 0.3) is 11.1 Å². The zero-order valence-electron chi connectivity index (χ0n) is 20.1. The molecular weight excluding hydrogens is 459 g/mol. The number of hydrogen-bond acceptors (Lipinski definition) is 5. The zero-order valence-corrected chi connectivity index (χ0v) is 20.1. The van der Waals surface area contributed by atoms with Crippen LogP contribution in [-0.4, -0.2) is 48.8 Å². The molecule has 1 atom stereocenters. The average Bonchev–Trinajstić information content (AvgIpc) is 2.86. The van der Waals surface area contributed by atoms with Crippen LogP contribution in [-0.2, 0) is 0 Å². The molecule has 186 valence electrons. The molecule has 0 spiro atoms. The van der Waals surface area contributed by atoms with Gasteiger partial charge >= 0.3 is 0 Å². The molecule has 3 N–H and O–H groups in total. The third kappa shape index (κ3) is 4.79. The summed E-state index contributed by atoms with van der Waals surface area (Å²) in [6.45, 7) is 4.68. The van der Waals surface area contributed by atoms with Crippen LogP contribution < -0.4 is 15.2 Å². The number of likely N-dealkylation sites (tertiary alicyclic amines) is 1. The number of aromatic hydroxyl groups is 1. The minimum Gasteiger partial charge on any atom is -0.508 e. The first-order chi connectivity index (χ1) is 17.4. The Balaban J connectivity index is 1.39. The molecular formula is C29H29FN2O4. The van der Waals surface area contributed by atoms with E-state index in [1.807, 2.05) is 43.3 Å². The molecule has 0 aliphatic carbocycles. The number of fused-ring (bicyclic) bond motifs is 1. The van der Waals surface area contributed by atoms with Gasteiger partial charge in [-0.2, -0.15) is 0 Å². The minimum absolute atomic E-state index is 0.165. The van der Waals surface area contributed by atoms with Crippen molar-refractivity contribution in [3.63, 3.8) is 0 Å². The van der Waals surface area contributed by atoms with E-state index in [-0.39, 0.29) is 18.3 Å². The molecule has 2 aliphatic rings. The van der Waals surface area contributed by atoms with Gasteiger partial charge in [-0.15, -0.1) is 0 Å². The number of alkyl halides is 1. The largest absolute Gasteiger partial charge is 0.508 e. The van der Waals surface area contributed by atoms with Crippen molar-refractivity contribution in [2.24, 2.45) is 11.7 Å². The van der Waals surface area contributed by atoms with E-state index in [0.29, 0.717) is 17.9 Å². The second-order valence-corrected chi connectivity index (χ2v) is 9.36. The van der Waals surface area contributed by atoms with Gasteiger partial charge in [0.25, 0.3) is 0 Å². The number of nitrogens with two attached hydrogens (primary N) is 1. The van der Waals surface area contributed by atoms with E-state index >= 15 is 0 Å². The van der Waals surface area contributed by atoms with Gasteiger partial charge < -0.3 is 20.3 Å². The SMILES string of the molecule is CC1=C(c2ccc(C(N)=O)cc2)[C@H](c2ccc(OCCN3CC(CF)C3)cc2)Oc2ccc(O)cc21. The van der Waals surface area contributed by atoms with Crippen LogP contribution in [0.1, 0.15) is 40.1 Å². The van der Waals surface area contributed by atoms with Crippen molar-refractivity contribution in [1.82, 2.24) is 4.90 Å². The van der Waals surface area contributed by atoms with Gasteiger partial charge in [0.05, 0.1) is 6.67 Å². The summed E-state index contributed by atoms with van der Waals surface area (Å²) in [6, 6.07) is 20.0. The van der Waals surface area contributed by atoms with Gasteiger partial charge in [-0.1, -0.05) is 24.3 Å². The van der Waals surface area contributed by atoms with Gasteiger partial charge in [0.15, 0.2) is 0 Å². The second kappa shape index (κ2) is 10.0. The van der Waals surface area contributed by atoms with Crippen molar-refractivity contribution < 1.29 is 23.8 Å². The van der Waals surface area contributed by atoms with Crippen molar-refractivity contribution >= 4 is 17.1 Å². The third-order valence-corrected chi connectivity index (χ3v) is 6.87. The summed E-state index contributed by atoms with van der Waals surface area (Å²) < 4.78 is 24.9. The molecule has 3 aromatic carbocycles. The minimum atomic E-state index is -0.481. The maximum atomic E-state index is 12.6. The normalized spacial score (nSPS) is 17.8. The monoisotopic (exact) mass is 488 g/mol. The first kappa shape index (κ1) is 23.9. The summed E-state index contributed by atoms with van der Waals surface area (Å²) >= 11 is 0. The summed E-state index contributed by atoms with van der Waals surface area (Å²) in [5, 5.41) is 10.1. The van der Waals surface area contributed by atoms with E-state index in [9.17, 15) is 14.3 Å². The fourth-order valence-corrected chi connectivity index (χ4v) is 4.85. The van der Waals surface area contributed by atoms with E-state index in [2.05, 4.69) is 4.90 Å². The molecule has 0 radical (unpaired) electrons. The van der Waals surface area contributed by atoms with E-state index in [1.54, 1.807) is 30.3 Å². The Kier molecular flexibility index (Phi) is 6.65. The van der Waals surface area contributed by atoms with Crippen molar-refractivity contribution in [2.75, 3.05) is 32.9 Å². The molecule has 1 saturated heterocycles. The number of halogens is 1. The molecule has 0 saturated carbocycles. The quantitative estimate of drug-likeness (QED) is 0.474. The lowest BCUT2D eigenvalue weighted by Crippen LogP contribution is -2.49. The summed E-state index contributed by atoms with van der Waals surface area (Å²) in [5.74, 6) is 1.31. The molecule has 2 aliphatic heterocycles. The maximum absolute atomic E-state index is 12.6. The number of phenols is 1. The molecule has 0 bridgehead atoms. The lowest BCUT2D eigenvalue weighted by Gasteiger charge is -2.37. The van der Waals surface area contributed by atoms with E-state index < -0.39 is 12.0 Å². The Morgan fingerprint density at radius 2 is 1.83 bits per heavy atom. The van der Waals surface area contributed by atoms with Gasteiger partial charge in [0.1, 0.15) is 30.0 Å². The predicted molar refractivity (Wildman–Crippen MR) is 137 cm³/mol. The topological polar surface area (TPSA) is 85.0 Å². The Hall–Kier alpha value is -3.84. The van der Waals surface area contributed by atoms with Crippen molar-refractivity contribution in [2.45, 2.75) is 13.0 Å². The fraction of sp³-hybridized carbons (Fsp3) is 0.276. The highest BCUT2D eigenvalue weighted by Gasteiger charge is 2.30. The number of benzene rings is 3. The number of rotatable bonds is 8. The summed E-state index contributed by atoms with van der Waals surface area (Å²) in [4.78, 5) is 13.7. The smallest absolute Gasteiger partial charge is 0.248 e. The molecule has 1 amide bonds. The Morgan fingerprint density at radius 1 is 1.11 bits per heavy atom. The highest BCUT2D eigenvalue weighted by Crippen LogP contribution is 2.47. The number of allylic oxidation sites excluding steroid dienone is 1. The summed E-state index contributed by atoms with van der Waals surface area (Å²) in [6.07, 6.45) is -0.394. The standard InChI is InChI=1S/C29H29FN2O4/c1-18-25-14-23(33)8-11-26(25)36-28(27(18)20-2-4-22(5-3-20)29(31)34)21-6-9-24(10-7-21)35-13-12-32-16-19(15-30)17-32/h2-11,14,19,28,33H,12-13,15-17H2,1H3,(H2,31,34)/t28-/m0/s1. The Morgan fingerprint density at radius 3 is 2.50 bits per heavy atom. The lowest BCUT2D eigenvalue weighted by atomic mass is 9.86. The van der Waals surface area contributed by atoms with E-state index in [0.717, 1.165) is 53.2 Å². The second-order valence-electron chi connectivity index (χ2n) is 9.36. The van der Waals surface area contributed by atoms with Crippen LogP contribution in [0.3, 0.4) is 0 Å². The van der Waals surface area contributed by atoms with Gasteiger partial charge in [-0.3, -0.25) is 14.1 Å². The van der Waals surface area contributed by atoms with Crippen LogP contribution in [0.15, 0.2) is 66.7 Å². The van der Waals surface area contributed by atoms with Crippen LogP contribution in [0.2, 0.25) is 0 Å². The first-order valence-electron chi connectivity index (χ1n) is 12.0. The number of carbonyl (C=O) groups excluding carboxylic acids is 1. The average molecular weight is 489 g/mol. The Bertz CT molecular complexity index is 1280. The highest BCUT2D eigenvalue weighted by atomic mass is 19.1. The number of nitrogens with zero attached hydrogens (tertiary/aromatic N) is 1. The summed E-state index contributed by atoms with van der Waals surface area (Å²) in [5.41, 5.74) is 10.4. The molecule has 0 unspecified atom stereocenters. The number of phenolic OH excluding ortho intramolecular Hbond substituents is 1. The van der Waals surface area contributed by atoms with Crippen LogP contribution >= 0.6 is 0 Å². The van der Waals surface area contributed by atoms with Crippen molar-refractivity contribution in [3.8, 4) is 17.2 Å². The maximum Gasteiger partial charge on any atom is 0.248 e. The number of amides is 1. The molecule has 6 nitrogen and oxygen atoms in total. The Labute approximate surface area is 209 Å². The number of ether oxygens (including phenoxy) is 2. The van der Waals surface area contributed by atoms with E-state index in [1.165, 1.54) is 0 Å². The van der Waals surface area contributed by atoms with Crippen LogP contribution in [0, 0.1) is 5.92 Å². The molecule has 1 fully saturated rings. The zero-order chi connectivity index (χ0) is 25.2. The third-order valence-electron chi connectivity index (χ3n) is 6.87. The highest BCUT2D eigenvalue weighted by molar-refractivity contribution is 5.97. The lowest BCUT2D eigenvalue weighted by molar-refractivity contribution is 0.0668. The fourth-order valence-electron chi connectivity index (χ4n) is 4.85. The first-order valence-corrected chi connectivity index (χ1v) is 12.0. The molecule has 0 aromatic heterocycles. The van der Waals surface area contributed by atoms with Gasteiger partial charge in [0.2, 0.25) is 5.91 Å². The number of carbonyl (C=O) groups is 1. The predicted octanol–water partition coefficient (Wildman–Crippen LogP) is 4.84. The van der Waals surface area contributed by atoms with Crippen molar-refractivity contribution in [1.29, 1.82) is 0 Å². The van der Waals surface area contributed by atoms with Crippen LogP contribution in [0.4, 0.5) is 4.39 Å². The number of hydrogen-bond donors (Lipinski definition) is 2. The molecule has 7 heteroatoms. The summed E-state index contributed by atoms with van der Waals surface area (Å²) in [7, 11) is 0. The van der Waals surface area contributed by atoms with Gasteiger partial charge in [-0.25, -0.2) is 0 Å². The molecule has 2 heterocycles. The molecule has 5 rings (SSSR count). The number of primary amides is 1. The van der Waals surface area contributed by atoms with E-state index in [4.69, 9.17) is 15.2 Å². The molecule has 36 heavy (non-hydrogen) atoms.